The van der Waals surface area contributed by atoms with Crippen LogP contribution in [-0.2, 0) is 11.3 Å². The smallest absolute Gasteiger partial charge is 0.146 e. The zero-order valence-corrected chi connectivity index (χ0v) is 9.31. The largest absolute Gasteiger partial charge is 0.380 e. The van der Waals surface area contributed by atoms with Crippen LogP contribution in [0.15, 0.2) is 12.4 Å². The number of likely N-dealkylation sites (N-methyl/N-ethyl adjacent to an activating group) is 1. The van der Waals surface area contributed by atoms with Gasteiger partial charge in [-0.15, -0.1) is 0 Å². The summed E-state index contributed by atoms with van der Waals surface area (Å²) >= 11 is 0. The highest BCUT2D eigenvalue weighted by atomic mass is 16.5. The van der Waals surface area contributed by atoms with Crippen molar-refractivity contribution in [3.05, 3.63) is 18.1 Å². The van der Waals surface area contributed by atoms with Gasteiger partial charge in [0, 0.05) is 26.7 Å². The number of nitrogens with two attached hydrogens (primary N) is 1. The van der Waals surface area contributed by atoms with E-state index in [1.807, 2.05) is 18.9 Å². The molecule has 5 nitrogen and oxygen atoms in total. The van der Waals surface area contributed by atoms with Crippen molar-refractivity contribution in [3.63, 3.8) is 0 Å². The second-order valence-corrected chi connectivity index (χ2v) is 3.19. The molecule has 1 aromatic rings. The summed E-state index contributed by atoms with van der Waals surface area (Å²) in [7, 11) is 1.96. The van der Waals surface area contributed by atoms with Crippen LogP contribution in [0.5, 0.6) is 0 Å². The van der Waals surface area contributed by atoms with Crippen LogP contribution in [0.1, 0.15) is 12.6 Å². The summed E-state index contributed by atoms with van der Waals surface area (Å²) < 4.78 is 5.26. The molecule has 84 valence electrons. The molecule has 0 unspecified atom stereocenters. The van der Waals surface area contributed by atoms with E-state index < -0.39 is 0 Å². The van der Waals surface area contributed by atoms with Crippen molar-refractivity contribution in [3.8, 4) is 0 Å². The molecule has 0 atom stereocenters. The molecule has 2 N–H and O–H groups in total. The van der Waals surface area contributed by atoms with Crippen molar-refractivity contribution < 1.29 is 4.74 Å². The molecule has 1 rings (SSSR count). The molecule has 1 heterocycles. The Balaban J connectivity index is 2.46. The lowest BCUT2D eigenvalue weighted by molar-refractivity contribution is 0.154. The van der Waals surface area contributed by atoms with Gasteiger partial charge in [0.1, 0.15) is 5.82 Å². The van der Waals surface area contributed by atoms with Crippen LogP contribution in [0, 0.1) is 0 Å². The highest BCUT2D eigenvalue weighted by Gasteiger charge is 2.02. The van der Waals surface area contributed by atoms with Gasteiger partial charge in [0.25, 0.3) is 0 Å². The highest BCUT2D eigenvalue weighted by molar-refractivity contribution is 5.34. The minimum atomic E-state index is 0.427. The van der Waals surface area contributed by atoms with E-state index in [1.54, 1.807) is 12.4 Å². The van der Waals surface area contributed by atoms with Crippen LogP contribution >= 0.6 is 0 Å². The van der Waals surface area contributed by atoms with Crippen molar-refractivity contribution in [2.45, 2.75) is 13.5 Å². The van der Waals surface area contributed by atoms with Gasteiger partial charge in [0.15, 0.2) is 0 Å². The zero-order valence-electron chi connectivity index (χ0n) is 9.31. The summed E-state index contributed by atoms with van der Waals surface area (Å²) in [6, 6.07) is 0. The van der Waals surface area contributed by atoms with Gasteiger partial charge >= 0.3 is 0 Å². The molecule has 0 bridgehead atoms. The first-order chi connectivity index (χ1) is 7.27. The number of aromatic nitrogens is 2. The minimum Gasteiger partial charge on any atom is -0.380 e. The van der Waals surface area contributed by atoms with E-state index in [1.165, 1.54) is 0 Å². The van der Waals surface area contributed by atoms with E-state index in [4.69, 9.17) is 10.5 Å². The maximum Gasteiger partial charge on any atom is 0.146 e. The molecule has 0 aliphatic carbocycles. The highest BCUT2D eigenvalue weighted by Crippen LogP contribution is 2.05. The van der Waals surface area contributed by atoms with Gasteiger partial charge in [-0.3, -0.25) is 4.98 Å². The van der Waals surface area contributed by atoms with Gasteiger partial charge in [-0.2, -0.15) is 0 Å². The van der Waals surface area contributed by atoms with Crippen molar-refractivity contribution in [2.75, 3.05) is 31.7 Å². The van der Waals surface area contributed by atoms with Crippen molar-refractivity contribution in [2.24, 2.45) is 5.73 Å². The number of nitrogens with zero attached hydrogens (tertiary/aromatic N) is 3. The molecule has 0 spiro atoms. The topological polar surface area (TPSA) is 64.3 Å². The standard InChI is InChI=1S/C10H18N4O/c1-3-15-5-4-14(2)10-8-12-9(6-11)7-13-10/h7-8H,3-6,11H2,1-2H3. The Hall–Kier alpha value is -1.20. The molecule has 15 heavy (non-hydrogen) atoms. The Bertz CT molecular complexity index is 275. The van der Waals surface area contributed by atoms with E-state index >= 15 is 0 Å². The molecular formula is C10H18N4O. The normalized spacial score (nSPS) is 10.3. The Kier molecular flexibility index (Phi) is 5.00. The Morgan fingerprint density at radius 3 is 2.73 bits per heavy atom. The summed E-state index contributed by atoms with van der Waals surface area (Å²) in [6.07, 6.45) is 3.43. The first-order valence-corrected chi connectivity index (χ1v) is 5.07. The molecule has 0 amide bonds. The third-order valence-corrected chi connectivity index (χ3v) is 2.07. The lowest BCUT2D eigenvalue weighted by Crippen LogP contribution is -2.23. The predicted octanol–water partition coefficient (Wildman–Crippen LogP) is 0.408. The second-order valence-electron chi connectivity index (χ2n) is 3.19. The van der Waals surface area contributed by atoms with Crippen LogP contribution in [-0.4, -0.2) is 36.8 Å². The van der Waals surface area contributed by atoms with Crippen LogP contribution < -0.4 is 10.6 Å². The molecule has 5 heteroatoms. The number of rotatable bonds is 6. The first-order valence-electron chi connectivity index (χ1n) is 5.07. The number of anilines is 1. The van der Waals surface area contributed by atoms with Gasteiger partial charge in [0.2, 0.25) is 0 Å². The fourth-order valence-corrected chi connectivity index (χ4v) is 1.11. The fourth-order valence-electron chi connectivity index (χ4n) is 1.11. The predicted molar refractivity (Wildman–Crippen MR) is 59.7 cm³/mol. The Labute approximate surface area is 90.3 Å². The summed E-state index contributed by atoms with van der Waals surface area (Å²) in [5.41, 5.74) is 6.24. The van der Waals surface area contributed by atoms with Crippen molar-refractivity contribution in [1.29, 1.82) is 0 Å². The minimum absolute atomic E-state index is 0.427. The van der Waals surface area contributed by atoms with Crippen LogP contribution in [0.2, 0.25) is 0 Å². The van der Waals surface area contributed by atoms with Crippen LogP contribution in [0.25, 0.3) is 0 Å². The molecule has 0 saturated carbocycles. The molecule has 0 aliphatic heterocycles. The maximum atomic E-state index is 5.44. The summed E-state index contributed by atoms with van der Waals surface area (Å²) in [5, 5.41) is 0. The second kappa shape index (κ2) is 6.31. The molecule has 0 saturated heterocycles. The monoisotopic (exact) mass is 210 g/mol. The Morgan fingerprint density at radius 1 is 1.40 bits per heavy atom. The molecule has 1 aromatic heterocycles. The van der Waals surface area contributed by atoms with E-state index in [0.717, 1.165) is 24.7 Å². The third-order valence-electron chi connectivity index (χ3n) is 2.07. The lowest BCUT2D eigenvalue weighted by atomic mass is 10.4. The molecule has 0 aromatic carbocycles. The van der Waals surface area contributed by atoms with E-state index in [0.29, 0.717) is 13.2 Å². The summed E-state index contributed by atoms with van der Waals surface area (Å²) in [5.74, 6) is 0.840. The molecule has 0 aliphatic rings. The van der Waals surface area contributed by atoms with Crippen LogP contribution in [0.4, 0.5) is 5.82 Å². The lowest BCUT2D eigenvalue weighted by Gasteiger charge is -2.17. The number of hydrogen-bond donors (Lipinski definition) is 1. The van der Waals surface area contributed by atoms with E-state index in [9.17, 15) is 0 Å². The van der Waals surface area contributed by atoms with Gasteiger partial charge in [-0.1, -0.05) is 0 Å². The van der Waals surface area contributed by atoms with Gasteiger partial charge < -0.3 is 15.4 Å². The van der Waals surface area contributed by atoms with Crippen LogP contribution in [0.3, 0.4) is 0 Å². The average molecular weight is 210 g/mol. The first kappa shape index (κ1) is 11.9. The number of ether oxygens (including phenoxy) is 1. The van der Waals surface area contributed by atoms with Gasteiger partial charge in [0.05, 0.1) is 24.7 Å². The van der Waals surface area contributed by atoms with E-state index in [2.05, 4.69) is 9.97 Å². The van der Waals surface area contributed by atoms with Gasteiger partial charge in [-0.05, 0) is 6.92 Å². The molecule has 0 radical (unpaired) electrons. The van der Waals surface area contributed by atoms with Crippen molar-refractivity contribution in [1.82, 2.24) is 9.97 Å². The summed E-state index contributed by atoms with van der Waals surface area (Å²) in [6.45, 7) is 4.66. The summed E-state index contributed by atoms with van der Waals surface area (Å²) in [4.78, 5) is 10.4. The SMILES string of the molecule is CCOCCN(C)c1cnc(CN)cn1. The maximum absolute atomic E-state index is 5.44. The fraction of sp³-hybridized carbons (Fsp3) is 0.600. The number of hydrogen-bond acceptors (Lipinski definition) is 5. The zero-order chi connectivity index (χ0) is 11.1. The Morgan fingerprint density at radius 2 is 2.20 bits per heavy atom. The molecular weight excluding hydrogens is 192 g/mol. The van der Waals surface area contributed by atoms with Crippen molar-refractivity contribution >= 4 is 5.82 Å². The quantitative estimate of drug-likeness (QED) is 0.689. The van der Waals surface area contributed by atoms with E-state index in [-0.39, 0.29) is 0 Å². The third kappa shape index (κ3) is 3.81. The molecule has 0 fully saturated rings. The van der Waals surface area contributed by atoms with Gasteiger partial charge in [-0.25, -0.2) is 4.98 Å². The average Bonchev–Trinajstić information content (AvgIpc) is 2.29.